The Balaban J connectivity index is 2.05. The molecule has 2 atom stereocenters. The maximum absolute atomic E-state index is 13.2. The van der Waals surface area contributed by atoms with Gasteiger partial charge in [0.25, 0.3) is 0 Å². The van der Waals surface area contributed by atoms with Crippen molar-refractivity contribution in [2.45, 2.75) is 37.4 Å². The molecule has 0 aliphatic carbocycles. The number of aryl methyl sites for hydroxylation is 1. The lowest BCUT2D eigenvalue weighted by molar-refractivity contribution is -0.137. The van der Waals surface area contributed by atoms with Crippen molar-refractivity contribution in [3.05, 3.63) is 65.4 Å². The Kier molecular flexibility index (Phi) is 4.45. The van der Waals surface area contributed by atoms with Crippen LogP contribution < -0.4 is 0 Å². The zero-order chi connectivity index (χ0) is 20.9. The maximum Gasteiger partial charge on any atom is 0.323 e. The molecule has 1 N–H and O–H groups in total. The normalized spacial score (nSPS) is 19.0. The number of hydrogen-bond donors (Lipinski definition) is 1. The van der Waals surface area contributed by atoms with Crippen LogP contribution in [0.4, 0.5) is 0 Å². The molecule has 0 saturated heterocycles. The number of aliphatic carboxylic acids is 1. The highest BCUT2D eigenvalue weighted by Crippen LogP contribution is 2.46. The minimum absolute atomic E-state index is 0.180. The second-order valence-electron chi connectivity index (χ2n) is 7.21. The third-order valence-corrected chi connectivity index (χ3v) is 7.27. The Hall–Kier alpha value is -3.15. The van der Waals surface area contributed by atoms with Gasteiger partial charge in [-0.15, -0.1) is 0 Å². The second kappa shape index (κ2) is 6.72. The van der Waals surface area contributed by atoms with Crippen LogP contribution in [0, 0.1) is 18.3 Å². The number of rotatable bonds is 4. The van der Waals surface area contributed by atoms with E-state index in [1.54, 1.807) is 42.0 Å². The van der Waals surface area contributed by atoms with Gasteiger partial charge in [-0.1, -0.05) is 29.8 Å². The zero-order valence-electron chi connectivity index (χ0n) is 15.9. The summed E-state index contributed by atoms with van der Waals surface area (Å²) in [6.07, 6.45) is 1.69. The monoisotopic (exact) mass is 409 g/mol. The van der Waals surface area contributed by atoms with Crippen molar-refractivity contribution in [1.29, 1.82) is 5.26 Å². The van der Waals surface area contributed by atoms with Gasteiger partial charge in [-0.25, -0.2) is 8.42 Å². The molecule has 1 aromatic heterocycles. The number of sulfonamides is 1. The summed E-state index contributed by atoms with van der Waals surface area (Å²) in [5.74, 6) is -0.990. The standard InChI is InChI=1S/C21H19N3O4S/c1-13-7-8-18-16(9-13)17(11-23(18)12-20(25)26)21-15-5-3-4-6-19(15)29(27,28)24(21)14(2)10-22/h3-9,11,14,21H,12H2,1-2H3,(H,25,26). The number of aromatic nitrogens is 1. The van der Waals surface area contributed by atoms with Crippen molar-refractivity contribution in [3.8, 4) is 6.07 Å². The van der Waals surface area contributed by atoms with Gasteiger partial charge in [0.1, 0.15) is 12.6 Å². The van der Waals surface area contributed by atoms with Crippen LogP contribution in [0.2, 0.25) is 0 Å². The SMILES string of the molecule is Cc1ccc2c(c1)c(C1c3ccccc3S(=O)(=O)N1C(C)C#N)cn2CC(=O)O. The Bertz CT molecular complexity index is 1290. The van der Waals surface area contributed by atoms with Crippen LogP contribution in [0.1, 0.15) is 29.7 Å². The van der Waals surface area contributed by atoms with E-state index >= 15 is 0 Å². The first-order valence-electron chi connectivity index (χ1n) is 9.09. The van der Waals surface area contributed by atoms with Crippen molar-refractivity contribution in [2.75, 3.05) is 0 Å². The second-order valence-corrected chi connectivity index (χ2v) is 9.02. The number of carboxylic acids is 1. The molecule has 2 heterocycles. The molecular formula is C21H19N3O4S. The third kappa shape index (κ3) is 2.90. The number of nitriles is 1. The van der Waals surface area contributed by atoms with Gasteiger partial charge in [-0.05, 0) is 37.6 Å². The number of fused-ring (bicyclic) bond motifs is 2. The topological polar surface area (TPSA) is 103 Å². The molecule has 0 spiro atoms. The van der Waals surface area contributed by atoms with Gasteiger partial charge in [0, 0.05) is 22.7 Å². The number of hydrogen-bond acceptors (Lipinski definition) is 4. The molecule has 0 saturated carbocycles. The summed E-state index contributed by atoms with van der Waals surface area (Å²) in [4.78, 5) is 11.5. The predicted molar refractivity (Wildman–Crippen MR) is 107 cm³/mol. The number of carbonyl (C=O) groups is 1. The minimum atomic E-state index is -3.86. The van der Waals surface area contributed by atoms with Gasteiger partial charge in [-0.2, -0.15) is 9.57 Å². The van der Waals surface area contributed by atoms with Gasteiger partial charge < -0.3 is 9.67 Å². The Morgan fingerprint density at radius 2 is 1.97 bits per heavy atom. The molecule has 2 unspecified atom stereocenters. The lowest BCUT2D eigenvalue weighted by Crippen LogP contribution is -2.36. The van der Waals surface area contributed by atoms with Crippen LogP contribution in [-0.2, 0) is 21.4 Å². The van der Waals surface area contributed by atoms with Crippen molar-refractivity contribution in [2.24, 2.45) is 0 Å². The van der Waals surface area contributed by atoms with Gasteiger partial charge in [-0.3, -0.25) is 4.79 Å². The molecule has 2 aromatic carbocycles. The molecule has 0 fully saturated rings. The van der Waals surface area contributed by atoms with E-state index in [0.717, 1.165) is 10.9 Å². The van der Waals surface area contributed by atoms with E-state index in [0.29, 0.717) is 16.6 Å². The highest BCUT2D eigenvalue weighted by atomic mass is 32.2. The molecule has 148 valence electrons. The number of nitrogens with zero attached hydrogens (tertiary/aromatic N) is 3. The van der Waals surface area contributed by atoms with Crippen molar-refractivity contribution in [3.63, 3.8) is 0 Å². The molecule has 0 radical (unpaired) electrons. The number of carboxylic acid groups (broad SMARTS) is 1. The first-order chi connectivity index (χ1) is 13.8. The molecule has 0 bridgehead atoms. The van der Waals surface area contributed by atoms with Crippen molar-refractivity contribution >= 4 is 26.9 Å². The van der Waals surface area contributed by atoms with Crippen LogP contribution in [0.25, 0.3) is 10.9 Å². The van der Waals surface area contributed by atoms with Gasteiger partial charge in [0.05, 0.1) is 17.0 Å². The van der Waals surface area contributed by atoms with Gasteiger partial charge >= 0.3 is 5.97 Å². The largest absolute Gasteiger partial charge is 0.480 e. The molecule has 4 rings (SSSR count). The van der Waals surface area contributed by atoms with E-state index < -0.39 is 28.1 Å². The number of benzene rings is 2. The first kappa shape index (κ1) is 19.2. The van der Waals surface area contributed by atoms with Crippen LogP contribution in [0.15, 0.2) is 53.6 Å². The summed E-state index contributed by atoms with van der Waals surface area (Å²) in [6, 6.07) is 12.8. The lowest BCUT2D eigenvalue weighted by Gasteiger charge is -2.25. The minimum Gasteiger partial charge on any atom is -0.480 e. The average molecular weight is 409 g/mol. The fourth-order valence-electron chi connectivity index (χ4n) is 4.06. The molecule has 7 nitrogen and oxygen atoms in total. The Morgan fingerprint density at radius 1 is 1.24 bits per heavy atom. The predicted octanol–water partition coefficient (Wildman–Crippen LogP) is 3.04. The summed E-state index contributed by atoms with van der Waals surface area (Å²) in [5.41, 5.74) is 2.94. The first-order valence-corrected chi connectivity index (χ1v) is 10.5. The molecular weight excluding hydrogens is 390 g/mol. The lowest BCUT2D eigenvalue weighted by atomic mass is 9.97. The molecule has 1 aliphatic heterocycles. The van der Waals surface area contributed by atoms with Crippen molar-refractivity contribution < 1.29 is 18.3 Å². The maximum atomic E-state index is 13.2. The molecule has 8 heteroatoms. The van der Waals surface area contributed by atoms with E-state index in [1.807, 2.05) is 31.2 Å². The van der Waals surface area contributed by atoms with Crippen LogP contribution in [0.3, 0.4) is 0 Å². The summed E-state index contributed by atoms with van der Waals surface area (Å²) in [7, 11) is -3.86. The Labute approximate surface area is 168 Å². The fourth-order valence-corrected chi connectivity index (χ4v) is 5.98. The van der Waals surface area contributed by atoms with E-state index in [1.165, 1.54) is 4.31 Å². The molecule has 3 aromatic rings. The van der Waals surface area contributed by atoms with Crippen LogP contribution >= 0.6 is 0 Å². The fraction of sp³-hybridized carbons (Fsp3) is 0.238. The van der Waals surface area contributed by atoms with E-state index in [4.69, 9.17) is 0 Å². The summed E-state index contributed by atoms with van der Waals surface area (Å²) >= 11 is 0. The summed E-state index contributed by atoms with van der Waals surface area (Å²) < 4.78 is 29.3. The van der Waals surface area contributed by atoms with Crippen LogP contribution in [0.5, 0.6) is 0 Å². The highest BCUT2D eigenvalue weighted by Gasteiger charge is 2.46. The van der Waals surface area contributed by atoms with Crippen LogP contribution in [-0.4, -0.2) is 34.4 Å². The average Bonchev–Trinajstić information content (AvgIpc) is 3.13. The summed E-state index contributed by atoms with van der Waals surface area (Å²) in [6.45, 7) is 3.24. The van der Waals surface area contributed by atoms with Crippen molar-refractivity contribution in [1.82, 2.24) is 8.87 Å². The van der Waals surface area contributed by atoms with E-state index in [2.05, 4.69) is 0 Å². The summed E-state index contributed by atoms with van der Waals surface area (Å²) in [5, 5.41) is 19.6. The molecule has 1 aliphatic rings. The zero-order valence-corrected chi connectivity index (χ0v) is 16.7. The van der Waals surface area contributed by atoms with Gasteiger partial charge in [0.15, 0.2) is 0 Å². The molecule has 29 heavy (non-hydrogen) atoms. The van der Waals surface area contributed by atoms with E-state index in [-0.39, 0.29) is 11.4 Å². The third-order valence-electron chi connectivity index (χ3n) is 5.26. The Morgan fingerprint density at radius 3 is 2.66 bits per heavy atom. The van der Waals surface area contributed by atoms with Gasteiger partial charge in [0.2, 0.25) is 10.0 Å². The quantitative estimate of drug-likeness (QED) is 0.713. The molecule has 0 amide bonds. The smallest absolute Gasteiger partial charge is 0.323 e. The highest BCUT2D eigenvalue weighted by molar-refractivity contribution is 7.89. The van der Waals surface area contributed by atoms with E-state index in [9.17, 15) is 23.6 Å².